The highest BCUT2D eigenvalue weighted by Crippen LogP contribution is 2.22. The predicted octanol–water partition coefficient (Wildman–Crippen LogP) is 2.16. The molecular weight excluding hydrogens is 270 g/mol. The number of rotatable bonds is 5. The molecule has 21 heavy (non-hydrogen) atoms. The Kier molecular flexibility index (Phi) is 4.71. The Bertz CT molecular complexity index is 662. The number of hydrogen-bond acceptors (Lipinski definition) is 5. The number of methoxy groups -OCH3 is 1. The maximum atomic E-state index is 11.3. The predicted molar refractivity (Wildman–Crippen MR) is 78.3 cm³/mol. The van der Waals surface area contributed by atoms with Crippen LogP contribution in [0.1, 0.15) is 18.2 Å². The summed E-state index contributed by atoms with van der Waals surface area (Å²) in [7, 11) is 1.57. The molecule has 0 aliphatic carbocycles. The largest absolute Gasteiger partial charge is 0.493 e. The maximum Gasteiger partial charge on any atom is 0.330 e. The van der Waals surface area contributed by atoms with Crippen molar-refractivity contribution < 1.29 is 14.3 Å². The molecular formula is C15H17N3O3. The average molecular weight is 287 g/mol. The van der Waals surface area contributed by atoms with Gasteiger partial charge < -0.3 is 9.47 Å². The van der Waals surface area contributed by atoms with Gasteiger partial charge in [0.15, 0.2) is 11.6 Å². The molecule has 2 aromatic heterocycles. The Morgan fingerprint density at radius 3 is 2.86 bits per heavy atom. The monoisotopic (exact) mass is 287 g/mol. The zero-order chi connectivity index (χ0) is 15.2. The first-order valence-corrected chi connectivity index (χ1v) is 6.54. The summed E-state index contributed by atoms with van der Waals surface area (Å²) >= 11 is 0. The number of aromatic nitrogens is 3. The standard InChI is InChI=1S/C15H17N3O3/c1-4-21-14(19)6-5-12-7-13(20-3)15(16-8-12)18-9-11(2)17-10-18/h5-10H,4H2,1-3H3. The summed E-state index contributed by atoms with van der Waals surface area (Å²) in [4.78, 5) is 19.8. The van der Waals surface area contributed by atoms with Crippen molar-refractivity contribution in [3.63, 3.8) is 0 Å². The van der Waals surface area contributed by atoms with E-state index in [-0.39, 0.29) is 5.97 Å². The van der Waals surface area contributed by atoms with E-state index in [0.29, 0.717) is 18.2 Å². The molecule has 0 aromatic carbocycles. The Labute approximate surface area is 123 Å². The van der Waals surface area contributed by atoms with Gasteiger partial charge in [0.2, 0.25) is 0 Å². The van der Waals surface area contributed by atoms with E-state index < -0.39 is 0 Å². The summed E-state index contributed by atoms with van der Waals surface area (Å²) < 4.78 is 12.0. The van der Waals surface area contributed by atoms with Crippen LogP contribution in [-0.2, 0) is 9.53 Å². The van der Waals surface area contributed by atoms with Crippen molar-refractivity contribution in [2.75, 3.05) is 13.7 Å². The second-order valence-electron chi connectivity index (χ2n) is 4.30. The number of nitrogens with zero attached hydrogens (tertiary/aromatic N) is 3. The van der Waals surface area contributed by atoms with Gasteiger partial charge in [-0.25, -0.2) is 14.8 Å². The van der Waals surface area contributed by atoms with E-state index in [1.807, 2.05) is 13.1 Å². The number of aryl methyl sites for hydroxylation is 1. The molecule has 0 unspecified atom stereocenters. The molecule has 0 spiro atoms. The Morgan fingerprint density at radius 1 is 1.43 bits per heavy atom. The molecule has 0 amide bonds. The molecule has 0 fully saturated rings. The molecule has 0 saturated carbocycles. The van der Waals surface area contributed by atoms with Crippen LogP contribution in [0.3, 0.4) is 0 Å². The molecule has 0 saturated heterocycles. The van der Waals surface area contributed by atoms with Crippen molar-refractivity contribution >= 4 is 12.0 Å². The first-order valence-electron chi connectivity index (χ1n) is 6.54. The van der Waals surface area contributed by atoms with Crippen LogP contribution in [0.5, 0.6) is 5.75 Å². The second-order valence-corrected chi connectivity index (χ2v) is 4.30. The van der Waals surface area contributed by atoms with Crippen molar-refractivity contribution in [2.45, 2.75) is 13.8 Å². The van der Waals surface area contributed by atoms with Crippen LogP contribution in [0.15, 0.2) is 30.9 Å². The fraction of sp³-hybridized carbons (Fsp3) is 0.267. The number of carbonyl (C=O) groups excluding carboxylic acids is 1. The molecule has 110 valence electrons. The van der Waals surface area contributed by atoms with Gasteiger partial charge in [0, 0.05) is 18.5 Å². The van der Waals surface area contributed by atoms with Gasteiger partial charge in [0.1, 0.15) is 6.33 Å². The van der Waals surface area contributed by atoms with E-state index in [9.17, 15) is 4.79 Å². The lowest BCUT2D eigenvalue weighted by atomic mass is 10.2. The van der Waals surface area contributed by atoms with Gasteiger partial charge in [-0.15, -0.1) is 0 Å². The van der Waals surface area contributed by atoms with Crippen LogP contribution in [0.25, 0.3) is 11.9 Å². The zero-order valence-corrected chi connectivity index (χ0v) is 12.2. The molecule has 0 N–H and O–H groups in total. The van der Waals surface area contributed by atoms with Gasteiger partial charge >= 0.3 is 5.97 Å². The van der Waals surface area contributed by atoms with Crippen LogP contribution >= 0.6 is 0 Å². The molecule has 0 radical (unpaired) electrons. The maximum absolute atomic E-state index is 11.3. The normalized spacial score (nSPS) is 10.8. The minimum atomic E-state index is -0.384. The van der Waals surface area contributed by atoms with Crippen LogP contribution in [0.4, 0.5) is 0 Å². The van der Waals surface area contributed by atoms with E-state index in [1.54, 1.807) is 43.3 Å². The molecule has 2 aromatic rings. The minimum Gasteiger partial charge on any atom is -0.493 e. The number of ether oxygens (including phenoxy) is 2. The zero-order valence-electron chi connectivity index (χ0n) is 12.2. The Balaban J connectivity index is 2.26. The first-order chi connectivity index (χ1) is 10.1. The third kappa shape index (κ3) is 3.68. The minimum absolute atomic E-state index is 0.351. The van der Waals surface area contributed by atoms with Gasteiger partial charge in [0.05, 0.1) is 19.4 Å². The van der Waals surface area contributed by atoms with Gasteiger partial charge in [-0.2, -0.15) is 0 Å². The lowest BCUT2D eigenvalue weighted by Crippen LogP contribution is -2.00. The summed E-state index contributed by atoms with van der Waals surface area (Å²) in [5.41, 5.74) is 1.64. The van der Waals surface area contributed by atoms with Crippen LogP contribution in [0, 0.1) is 6.92 Å². The van der Waals surface area contributed by atoms with E-state index in [1.165, 1.54) is 6.08 Å². The Hall–Kier alpha value is -2.63. The molecule has 6 heteroatoms. The first kappa shape index (κ1) is 14.8. The smallest absolute Gasteiger partial charge is 0.330 e. The van der Waals surface area contributed by atoms with E-state index in [4.69, 9.17) is 9.47 Å². The number of pyridine rings is 1. The van der Waals surface area contributed by atoms with Crippen molar-refractivity contribution in [1.29, 1.82) is 0 Å². The van der Waals surface area contributed by atoms with Crippen molar-refractivity contribution in [3.05, 3.63) is 42.1 Å². The highest BCUT2D eigenvalue weighted by atomic mass is 16.5. The SMILES string of the molecule is CCOC(=O)C=Cc1cnc(-n2cnc(C)c2)c(OC)c1. The fourth-order valence-corrected chi connectivity index (χ4v) is 1.78. The molecule has 2 heterocycles. The van der Waals surface area contributed by atoms with Crippen molar-refractivity contribution in [1.82, 2.24) is 14.5 Å². The van der Waals surface area contributed by atoms with Crippen LogP contribution in [0.2, 0.25) is 0 Å². The number of imidazole rings is 1. The van der Waals surface area contributed by atoms with Crippen LogP contribution < -0.4 is 4.74 Å². The van der Waals surface area contributed by atoms with E-state index in [2.05, 4.69) is 9.97 Å². The quantitative estimate of drug-likeness (QED) is 0.623. The summed E-state index contributed by atoms with van der Waals surface area (Å²) in [6.45, 7) is 4.02. The highest BCUT2D eigenvalue weighted by Gasteiger charge is 2.08. The number of esters is 1. The topological polar surface area (TPSA) is 66.2 Å². The summed E-state index contributed by atoms with van der Waals surface area (Å²) in [6, 6.07) is 1.80. The lowest BCUT2D eigenvalue weighted by Gasteiger charge is -2.08. The van der Waals surface area contributed by atoms with E-state index >= 15 is 0 Å². The summed E-state index contributed by atoms with van der Waals surface area (Å²) in [5, 5.41) is 0. The molecule has 0 bridgehead atoms. The fourth-order valence-electron chi connectivity index (χ4n) is 1.78. The summed E-state index contributed by atoms with van der Waals surface area (Å²) in [6.07, 6.45) is 8.19. The molecule has 0 aliphatic heterocycles. The summed E-state index contributed by atoms with van der Waals surface area (Å²) in [5.74, 6) is 0.857. The van der Waals surface area contributed by atoms with Gasteiger partial charge in [-0.05, 0) is 31.6 Å². The van der Waals surface area contributed by atoms with Gasteiger partial charge in [-0.3, -0.25) is 4.57 Å². The highest BCUT2D eigenvalue weighted by molar-refractivity contribution is 5.87. The molecule has 6 nitrogen and oxygen atoms in total. The van der Waals surface area contributed by atoms with Gasteiger partial charge in [0.25, 0.3) is 0 Å². The van der Waals surface area contributed by atoms with Crippen molar-refractivity contribution in [2.24, 2.45) is 0 Å². The number of hydrogen-bond donors (Lipinski definition) is 0. The molecule has 0 atom stereocenters. The third-order valence-electron chi connectivity index (χ3n) is 2.73. The molecule has 2 rings (SSSR count). The van der Waals surface area contributed by atoms with E-state index in [0.717, 1.165) is 11.3 Å². The third-order valence-corrected chi connectivity index (χ3v) is 2.73. The lowest BCUT2D eigenvalue weighted by molar-refractivity contribution is -0.137. The van der Waals surface area contributed by atoms with Crippen molar-refractivity contribution in [3.8, 4) is 11.6 Å². The average Bonchev–Trinajstić information content (AvgIpc) is 2.91. The van der Waals surface area contributed by atoms with Crippen LogP contribution in [-0.4, -0.2) is 34.2 Å². The van der Waals surface area contributed by atoms with Gasteiger partial charge in [-0.1, -0.05) is 0 Å². The Morgan fingerprint density at radius 2 is 2.24 bits per heavy atom. The molecule has 0 aliphatic rings. The number of carbonyl (C=O) groups is 1. The second kappa shape index (κ2) is 6.69.